The van der Waals surface area contributed by atoms with Crippen molar-refractivity contribution in [3.63, 3.8) is 0 Å². The number of allylic oxidation sites excluding steroid dienone is 3. The van der Waals surface area contributed by atoms with E-state index in [1.54, 1.807) is 0 Å². The van der Waals surface area contributed by atoms with Crippen LogP contribution in [-0.4, -0.2) is 69.4 Å². The number of ether oxygens (including phenoxy) is 1. The first-order chi connectivity index (χ1) is 38.4. The summed E-state index contributed by atoms with van der Waals surface area (Å²) < 4.78 is 30.4. The van der Waals surface area contributed by atoms with E-state index in [0.29, 0.717) is 17.4 Å². The van der Waals surface area contributed by atoms with Gasteiger partial charge in [0.2, 0.25) is 5.91 Å². The highest BCUT2D eigenvalue weighted by Crippen LogP contribution is 2.38. The van der Waals surface area contributed by atoms with E-state index in [-0.39, 0.29) is 31.5 Å². The molecule has 0 aromatic rings. The summed E-state index contributed by atoms with van der Waals surface area (Å²) in [5.41, 5.74) is 0. The fourth-order valence-corrected chi connectivity index (χ4v) is 11.2. The molecule has 0 spiro atoms. The van der Waals surface area contributed by atoms with Crippen molar-refractivity contribution in [3.05, 3.63) is 24.3 Å². The van der Waals surface area contributed by atoms with Crippen molar-refractivity contribution in [1.82, 2.24) is 5.32 Å². The molecule has 1 amide bonds. The first-order valence-corrected chi connectivity index (χ1v) is 36.1. The standard InChI is InChI=1S/C69H135N2O7P/c1-7-10-13-16-19-22-25-28-29-30-31-32-33-34-35-36-37-38-39-40-41-44-47-50-53-56-59-62-69(73)78-67(60-57-54-51-48-45-42-26-23-20-17-14-11-8-2)66(65-77-79(74,75)76-64-63-71(4,5)6)70-68(72)61-58-55-52-49-46-43-27-24-21-18-15-12-9-3/h28-29,57,60,66-67H,7-27,30-56,58-59,61-65H2,1-6H3,(H-,70,72,74,75)/b29-28+,60-57-. The lowest BCUT2D eigenvalue weighted by Crippen LogP contribution is -2.47. The first kappa shape index (κ1) is 77.5. The fraction of sp³-hybridized carbons (Fsp3) is 0.913. The highest BCUT2D eigenvalue weighted by Gasteiger charge is 2.27. The molecule has 0 aliphatic carbocycles. The van der Waals surface area contributed by atoms with Crippen LogP contribution in [0.4, 0.5) is 0 Å². The Labute approximate surface area is 492 Å². The van der Waals surface area contributed by atoms with E-state index < -0.39 is 20.0 Å². The summed E-state index contributed by atoms with van der Waals surface area (Å²) in [6.45, 7) is 6.89. The Morgan fingerprint density at radius 2 is 0.734 bits per heavy atom. The average Bonchev–Trinajstić information content (AvgIpc) is 3.41. The predicted octanol–water partition coefficient (Wildman–Crippen LogP) is 21.0. The van der Waals surface area contributed by atoms with Gasteiger partial charge in [0.25, 0.3) is 7.82 Å². The van der Waals surface area contributed by atoms with Gasteiger partial charge in [-0.1, -0.05) is 309 Å². The van der Waals surface area contributed by atoms with E-state index in [2.05, 4.69) is 38.2 Å². The van der Waals surface area contributed by atoms with Crippen molar-refractivity contribution in [1.29, 1.82) is 0 Å². The molecule has 0 radical (unpaired) electrons. The third-order valence-electron chi connectivity index (χ3n) is 15.9. The summed E-state index contributed by atoms with van der Waals surface area (Å²) in [4.78, 5) is 40.1. The molecule has 468 valence electrons. The van der Waals surface area contributed by atoms with Gasteiger partial charge in [-0.15, -0.1) is 0 Å². The average molecular weight is 1140 g/mol. The molecule has 10 heteroatoms. The van der Waals surface area contributed by atoms with Crippen LogP contribution in [0.5, 0.6) is 0 Å². The van der Waals surface area contributed by atoms with Gasteiger partial charge in [-0.05, 0) is 57.4 Å². The lowest BCUT2D eigenvalue weighted by molar-refractivity contribution is -0.870. The lowest BCUT2D eigenvalue weighted by atomic mass is 10.0. The van der Waals surface area contributed by atoms with Crippen molar-refractivity contribution in [2.45, 2.75) is 367 Å². The van der Waals surface area contributed by atoms with Crippen LogP contribution in [0.15, 0.2) is 24.3 Å². The Balaban J connectivity index is 4.97. The minimum absolute atomic E-state index is 0.0177. The third kappa shape index (κ3) is 60.9. The van der Waals surface area contributed by atoms with E-state index in [9.17, 15) is 19.0 Å². The molecule has 9 nitrogen and oxygen atoms in total. The number of carbonyl (C=O) groups excluding carboxylic acids is 2. The number of likely N-dealkylation sites (N-methyl/N-ethyl adjacent to an activating group) is 1. The second-order valence-corrected chi connectivity index (χ2v) is 26.5. The van der Waals surface area contributed by atoms with Gasteiger partial charge in [0.1, 0.15) is 19.3 Å². The highest BCUT2D eigenvalue weighted by molar-refractivity contribution is 7.45. The molecule has 0 bridgehead atoms. The zero-order valence-corrected chi connectivity index (χ0v) is 54.5. The second kappa shape index (κ2) is 59.6. The van der Waals surface area contributed by atoms with E-state index in [0.717, 1.165) is 57.8 Å². The minimum atomic E-state index is -4.69. The summed E-state index contributed by atoms with van der Waals surface area (Å²) in [6, 6.07) is -0.881. The first-order valence-electron chi connectivity index (χ1n) is 34.6. The van der Waals surface area contributed by atoms with Crippen molar-refractivity contribution in [3.8, 4) is 0 Å². The number of phosphoric acid groups is 1. The highest BCUT2D eigenvalue weighted by atomic mass is 31.2. The molecule has 3 atom stereocenters. The van der Waals surface area contributed by atoms with Gasteiger partial charge < -0.3 is 28.5 Å². The van der Waals surface area contributed by atoms with Crippen LogP contribution >= 0.6 is 7.82 Å². The number of phosphoric ester groups is 1. The Hall–Kier alpha value is -1.51. The molecule has 0 fully saturated rings. The molecule has 79 heavy (non-hydrogen) atoms. The van der Waals surface area contributed by atoms with Crippen LogP contribution in [0.2, 0.25) is 0 Å². The normalized spacial score (nSPS) is 13.7. The number of nitrogens with one attached hydrogen (secondary N) is 1. The molecule has 0 aromatic carbocycles. The van der Waals surface area contributed by atoms with Crippen LogP contribution in [-0.2, 0) is 27.9 Å². The van der Waals surface area contributed by atoms with Crippen LogP contribution in [0.3, 0.4) is 0 Å². The van der Waals surface area contributed by atoms with Gasteiger partial charge in [-0.2, -0.15) is 0 Å². The van der Waals surface area contributed by atoms with Crippen molar-refractivity contribution in [2.24, 2.45) is 0 Å². The SMILES string of the molecule is CCCCCCCC/C=C/CCCCCCCCCCCCCCCCCCCC(=O)OC(/C=C\CCCCCCCCCCCCC)C(COP(=O)([O-])OCC[N+](C)(C)C)NC(=O)CCCCCCCCCCCCCCC. The smallest absolute Gasteiger partial charge is 0.306 e. The maximum atomic E-state index is 13.5. The number of nitrogens with zero attached hydrogens (tertiary/aromatic N) is 1. The summed E-state index contributed by atoms with van der Waals surface area (Å²) in [5, 5.41) is 3.04. The van der Waals surface area contributed by atoms with Crippen molar-refractivity contribution >= 4 is 19.7 Å². The lowest BCUT2D eigenvalue weighted by Gasteiger charge is -2.30. The van der Waals surface area contributed by atoms with E-state index in [1.165, 1.54) is 263 Å². The van der Waals surface area contributed by atoms with Gasteiger partial charge in [0, 0.05) is 12.8 Å². The molecule has 0 aliphatic rings. The van der Waals surface area contributed by atoms with Gasteiger partial charge in [0.05, 0.1) is 33.8 Å². The predicted molar refractivity (Wildman–Crippen MR) is 340 cm³/mol. The number of rotatable bonds is 64. The second-order valence-electron chi connectivity index (χ2n) is 25.0. The summed E-state index contributed by atoms with van der Waals surface area (Å²) in [7, 11) is 1.21. The maximum absolute atomic E-state index is 13.5. The van der Waals surface area contributed by atoms with Crippen molar-refractivity contribution in [2.75, 3.05) is 40.9 Å². The number of unbranched alkanes of at least 4 members (excludes halogenated alkanes) is 46. The number of hydrogen-bond donors (Lipinski definition) is 1. The van der Waals surface area contributed by atoms with Gasteiger partial charge in [-0.3, -0.25) is 14.2 Å². The van der Waals surface area contributed by atoms with Crippen LogP contribution < -0.4 is 10.2 Å². The molecule has 0 aromatic heterocycles. The molecule has 1 N–H and O–H groups in total. The quantitative estimate of drug-likeness (QED) is 0.0212. The number of amides is 1. The van der Waals surface area contributed by atoms with Gasteiger partial charge >= 0.3 is 5.97 Å². The zero-order valence-electron chi connectivity index (χ0n) is 53.6. The monoisotopic (exact) mass is 1140 g/mol. The van der Waals surface area contributed by atoms with E-state index >= 15 is 0 Å². The van der Waals surface area contributed by atoms with Crippen LogP contribution in [0.1, 0.15) is 355 Å². The van der Waals surface area contributed by atoms with Gasteiger partial charge in [0.15, 0.2) is 0 Å². The fourth-order valence-electron chi connectivity index (χ4n) is 10.5. The molecule has 3 unspecified atom stereocenters. The molecule has 0 saturated carbocycles. The molecule has 0 heterocycles. The van der Waals surface area contributed by atoms with Crippen molar-refractivity contribution < 1.29 is 37.3 Å². The topological polar surface area (TPSA) is 114 Å². The van der Waals surface area contributed by atoms with Crippen LogP contribution in [0.25, 0.3) is 0 Å². The molecular formula is C69H135N2O7P. The van der Waals surface area contributed by atoms with E-state index in [4.69, 9.17) is 13.8 Å². The van der Waals surface area contributed by atoms with Crippen LogP contribution in [0, 0.1) is 0 Å². The summed E-state index contributed by atoms with van der Waals surface area (Å²) in [5.74, 6) is -0.519. The molecule has 0 rings (SSSR count). The zero-order chi connectivity index (χ0) is 57.9. The molecular weight excluding hydrogens is 1000 g/mol. The Kier molecular flexibility index (Phi) is 58.5. The number of quaternary nitrogens is 1. The van der Waals surface area contributed by atoms with Gasteiger partial charge in [-0.25, -0.2) is 0 Å². The Morgan fingerprint density at radius 3 is 1.08 bits per heavy atom. The Morgan fingerprint density at radius 1 is 0.430 bits per heavy atom. The number of esters is 1. The molecule has 0 saturated heterocycles. The largest absolute Gasteiger partial charge is 0.756 e. The maximum Gasteiger partial charge on any atom is 0.306 e. The number of hydrogen-bond acceptors (Lipinski definition) is 7. The summed E-state index contributed by atoms with van der Waals surface area (Å²) >= 11 is 0. The third-order valence-corrected chi connectivity index (χ3v) is 16.8. The summed E-state index contributed by atoms with van der Waals surface area (Å²) in [6.07, 6.45) is 71.6. The Bertz CT molecular complexity index is 1400. The number of carbonyl (C=O) groups is 2. The molecule has 0 aliphatic heterocycles. The minimum Gasteiger partial charge on any atom is -0.756 e. The van der Waals surface area contributed by atoms with E-state index in [1.807, 2.05) is 33.3 Å².